The molecule has 0 aromatic heterocycles. The molecule has 0 saturated carbocycles. The zero-order valence-corrected chi connectivity index (χ0v) is 11.8. The minimum atomic E-state index is 0.770. The number of benzene rings is 2. The second kappa shape index (κ2) is 6.83. The fraction of sp³-hybridized carbons (Fsp3) is 0.200. The molecule has 0 spiro atoms. The lowest BCUT2D eigenvalue weighted by Crippen LogP contribution is -2.03. The number of rotatable bonds is 5. The maximum Gasteiger partial charge on any atom is -0.00298 e. The summed E-state index contributed by atoms with van der Waals surface area (Å²) in [6, 6.07) is 19.7. The number of hydrogen-bond acceptors (Lipinski definition) is 1. The van der Waals surface area contributed by atoms with E-state index in [-0.39, 0.29) is 0 Å². The van der Waals surface area contributed by atoms with Crippen molar-refractivity contribution in [1.29, 1.82) is 0 Å². The summed E-state index contributed by atoms with van der Waals surface area (Å²) >= 11 is 1.91. The Morgan fingerprint density at radius 3 is 2.18 bits per heavy atom. The van der Waals surface area contributed by atoms with E-state index in [1.54, 1.807) is 0 Å². The topological polar surface area (TPSA) is 0 Å². The molecular formula is C15H17PS. The Kier molecular flexibility index (Phi) is 5.09. The van der Waals surface area contributed by atoms with Gasteiger partial charge in [-0.05, 0) is 34.6 Å². The van der Waals surface area contributed by atoms with Crippen LogP contribution in [0.2, 0.25) is 0 Å². The fourth-order valence-corrected chi connectivity index (χ4v) is 3.13. The van der Waals surface area contributed by atoms with E-state index in [9.17, 15) is 0 Å². The van der Waals surface area contributed by atoms with Gasteiger partial charge in [-0.25, -0.2) is 0 Å². The molecule has 0 aliphatic rings. The Hall–Kier alpha value is -0.780. The molecule has 2 heteroatoms. The van der Waals surface area contributed by atoms with Gasteiger partial charge in [-0.2, -0.15) is 11.8 Å². The van der Waals surface area contributed by atoms with Crippen molar-refractivity contribution in [1.82, 2.24) is 0 Å². The third-order valence-electron chi connectivity index (χ3n) is 2.61. The molecule has 88 valence electrons. The second-order valence-electron chi connectivity index (χ2n) is 3.93. The summed E-state index contributed by atoms with van der Waals surface area (Å²) < 4.78 is 0. The third-order valence-corrected chi connectivity index (χ3v) is 4.47. The minimum absolute atomic E-state index is 0.770. The van der Waals surface area contributed by atoms with Gasteiger partial charge in [0.2, 0.25) is 0 Å². The van der Waals surface area contributed by atoms with E-state index in [1.165, 1.54) is 28.3 Å². The molecule has 0 nitrogen and oxygen atoms in total. The molecule has 0 saturated heterocycles. The van der Waals surface area contributed by atoms with Crippen molar-refractivity contribution in [2.75, 3.05) is 12.0 Å². The normalized spacial score (nSPS) is 11.1. The molecule has 0 aliphatic heterocycles. The van der Waals surface area contributed by atoms with Crippen molar-refractivity contribution in [2.24, 2.45) is 0 Å². The molecule has 17 heavy (non-hydrogen) atoms. The summed E-state index contributed by atoms with van der Waals surface area (Å²) in [5.41, 5.74) is 1.45. The van der Waals surface area contributed by atoms with E-state index >= 15 is 0 Å². The first-order valence-corrected chi connectivity index (χ1v) is 8.18. The van der Waals surface area contributed by atoms with Gasteiger partial charge in [-0.3, -0.25) is 0 Å². The molecule has 2 rings (SSSR count). The van der Waals surface area contributed by atoms with Crippen LogP contribution in [0.1, 0.15) is 5.56 Å². The molecule has 0 bridgehead atoms. The van der Waals surface area contributed by atoms with Gasteiger partial charge < -0.3 is 0 Å². The summed E-state index contributed by atoms with van der Waals surface area (Å²) in [5, 5.41) is 2.83. The second-order valence-corrected chi connectivity index (χ2v) is 6.32. The molecular weight excluding hydrogens is 243 g/mol. The first-order valence-electron chi connectivity index (χ1n) is 5.78. The maximum absolute atomic E-state index is 2.27. The van der Waals surface area contributed by atoms with Gasteiger partial charge >= 0.3 is 0 Å². The highest BCUT2D eigenvalue weighted by atomic mass is 32.2. The molecule has 0 amide bonds. The first kappa shape index (κ1) is 12.7. The molecule has 0 heterocycles. The van der Waals surface area contributed by atoms with Crippen LogP contribution in [0.3, 0.4) is 0 Å². The average Bonchev–Trinajstić information content (AvgIpc) is 2.39. The Bertz CT molecular complexity index is 436. The SMILES string of the molecule is CSCCc1ccc(Pc2ccccc2)cc1. The standard InChI is InChI=1S/C15H17PS/c1-17-12-11-13-7-9-15(10-8-13)16-14-5-3-2-4-6-14/h2-10,16H,11-12H2,1H3. The zero-order valence-electron chi connectivity index (χ0n) is 10.0. The van der Waals surface area contributed by atoms with Gasteiger partial charge in [-0.15, -0.1) is 0 Å². The van der Waals surface area contributed by atoms with Crippen LogP contribution >= 0.6 is 20.3 Å². The fourth-order valence-electron chi connectivity index (χ4n) is 1.66. The quantitative estimate of drug-likeness (QED) is 0.744. The Labute approximate surface area is 110 Å². The van der Waals surface area contributed by atoms with E-state index in [2.05, 4.69) is 60.9 Å². The van der Waals surface area contributed by atoms with Crippen molar-refractivity contribution in [3.63, 3.8) is 0 Å². The Morgan fingerprint density at radius 2 is 1.53 bits per heavy atom. The highest BCUT2D eigenvalue weighted by Gasteiger charge is 1.96. The summed E-state index contributed by atoms with van der Waals surface area (Å²) in [5.74, 6) is 1.21. The molecule has 0 fully saturated rings. The largest absolute Gasteiger partial charge is 0.165 e. The van der Waals surface area contributed by atoms with Crippen molar-refractivity contribution in [3.05, 3.63) is 60.2 Å². The smallest absolute Gasteiger partial charge is 0.00298 e. The number of thioether (sulfide) groups is 1. The van der Waals surface area contributed by atoms with Crippen LogP contribution in [-0.2, 0) is 6.42 Å². The van der Waals surface area contributed by atoms with Gasteiger partial charge in [0, 0.05) is 0 Å². The van der Waals surface area contributed by atoms with E-state index in [4.69, 9.17) is 0 Å². The van der Waals surface area contributed by atoms with Crippen LogP contribution in [0, 0.1) is 0 Å². The average molecular weight is 260 g/mol. The van der Waals surface area contributed by atoms with Gasteiger partial charge in [-0.1, -0.05) is 63.2 Å². The highest BCUT2D eigenvalue weighted by Crippen LogP contribution is 2.11. The monoisotopic (exact) mass is 260 g/mol. The van der Waals surface area contributed by atoms with Crippen molar-refractivity contribution >= 4 is 31.0 Å². The van der Waals surface area contributed by atoms with Crippen LogP contribution in [0.25, 0.3) is 0 Å². The minimum Gasteiger partial charge on any atom is -0.165 e. The molecule has 0 radical (unpaired) electrons. The summed E-state index contributed by atoms with van der Waals surface area (Å²) in [6.45, 7) is 0. The lowest BCUT2D eigenvalue weighted by Gasteiger charge is -2.04. The summed E-state index contributed by atoms with van der Waals surface area (Å²) in [7, 11) is 0.770. The van der Waals surface area contributed by atoms with Crippen LogP contribution in [-0.4, -0.2) is 12.0 Å². The zero-order chi connectivity index (χ0) is 11.9. The summed E-state index contributed by atoms with van der Waals surface area (Å²) in [6.07, 6.45) is 3.33. The summed E-state index contributed by atoms with van der Waals surface area (Å²) in [4.78, 5) is 0. The van der Waals surface area contributed by atoms with Crippen LogP contribution in [0.15, 0.2) is 54.6 Å². The van der Waals surface area contributed by atoms with Gasteiger partial charge in [0.25, 0.3) is 0 Å². The van der Waals surface area contributed by atoms with Crippen molar-refractivity contribution < 1.29 is 0 Å². The molecule has 0 N–H and O–H groups in total. The van der Waals surface area contributed by atoms with Gasteiger partial charge in [0.1, 0.15) is 0 Å². The van der Waals surface area contributed by atoms with E-state index in [1.807, 2.05) is 11.8 Å². The molecule has 2 aromatic rings. The Balaban J connectivity index is 1.98. The molecule has 1 unspecified atom stereocenters. The first-order chi connectivity index (χ1) is 8.38. The van der Waals surface area contributed by atoms with Crippen LogP contribution in [0.5, 0.6) is 0 Å². The highest BCUT2D eigenvalue weighted by molar-refractivity contribution is 7.98. The predicted molar refractivity (Wildman–Crippen MR) is 82.6 cm³/mol. The van der Waals surface area contributed by atoms with Crippen LogP contribution < -0.4 is 10.6 Å². The van der Waals surface area contributed by atoms with Crippen molar-refractivity contribution in [3.8, 4) is 0 Å². The van der Waals surface area contributed by atoms with E-state index in [0.29, 0.717) is 0 Å². The van der Waals surface area contributed by atoms with Crippen molar-refractivity contribution in [2.45, 2.75) is 6.42 Å². The van der Waals surface area contributed by atoms with Gasteiger partial charge in [0.05, 0.1) is 0 Å². The third kappa shape index (κ3) is 4.18. The molecule has 2 aromatic carbocycles. The predicted octanol–water partition coefficient (Wildman–Crippen LogP) is 3.22. The maximum atomic E-state index is 2.27. The Morgan fingerprint density at radius 1 is 0.882 bits per heavy atom. The number of aryl methyl sites for hydroxylation is 1. The lowest BCUT2D eigenvalue weighted by molar-refractivity contribution is 1.16. The molecule has 1 atom stereocenters. The van der Waals surface area contributed by atoms with E-state index < -0.39 is 0 Å². The van der Waals surface area contributed by atoms with Gasteiger partial charge in [0.15, 0.2) is 0 Å². The van der Waals surface area contributed by atoms with E-state index in [0.717, 1.165) is 8.58 Å². The lowest BCUT2D eigenvalue weighted by atomic mass is 10.2. The van der Waals surface area contributed by atoms with Crippen LogP contribution in [0.4, 0.5) is 0 Å². The molecule has 0 aliphatic carbocycles. The number of hydrogen-bond donors (Lipinski definition) is 0.